The van der Waals surface area contributed by atoms with E-state index in [-0.39, 0.29) is 5.91 Å². The second-order valence-electron chi connectivity index (χ2n) is 9.78. The van der Waals surface area contributed by atoms with E-state index in [1.165, 1.54) is 37.0 Å². The fourth-order valence-electron chi connectivity index (χ4n) is 4.12. The van der Waals surface area contributed by atoms with Crippen LogP contribution in [-0.4, -0.2) is 30.6 Å². The minimum Gasteiger partial charge on any atom is -0.357 e. The predicted molar refractivity (Wildman–Crippen MR) is 170 cm³/mol. The van der Waals surface area contributed by atoms with Crippen LogP contribution >= 0.6 is 11.8 Å². The smallest absolute Gasteiger partial charge is 0.251 e. The average molecular weight is 546 g/mol. The van der Waals surface area contributed by atoms with Crippen molar-refractivity contribution in [3.05, 3.63) is 102 Å². The standard InChI is InChI=1S/C27H31N3OS.C7H16/c1-20(2)24-12-8-9-13-26(24)32-25-15-14-22(18-21(25)3)27(31)29-16-17-30(19-28)23-10-6-4-5-7-11-23;1-3-5-7-6-4-2/h4,6-15,18H,1,5,16-17,19,28H2,2-3H3,(H,29,31);3-7H2,1-2H3. The first-order chi connectivity index (χ1) is 18.9. The fraction of sp³-hybridized carbons (Fsp3) is 0.382. The summed E-state index contributed by atoms with van der Waals surface area (Å²) in [5.41, 5.74) is 10.9. The van der Waals surface area contributed by atoms with E-state index >= 15 is 0 Å². The highest BCUT2D eigenvalue weighted by Gasteiger charge is 2.12. The summed E-state index contributed by atoms with van der Waals surface area (Å²) in [7, 11) is 0. The first-order valence-corrected chi connectivity index (χ1v) is 15.0. The Morgan fingerprint density at radius 3 is 2.46 bits per heavy atom. The van der Waals surface area contributed by atoms with Gasteiger partial charge in [0.1, 0.15) is 0 Å². The van der Waals surface area contributed by atoms with Crippen LogP contribution in [0.25, 0.3) is 5.57 Å². The molecule has 0 fully saturated rings. The maximum absolute atomic E-state index is 12.7. The summed E-state index contributed by atoms with van der Waals surface area (Å²) >= 11 is 1.70. The molecule has 1 aliphatic carbocycles. The Balaban J connectivity index is 0.000000673. The van der Waals surface area contributed by atoms with Crippen molar-refractivity contribution in [1.82, 2.24) is 10.2 Å². The van der Waals surface area contributed by atoms with Gasteiger partial charge in [-0.2, -0.15) is 0 Å². The summed E-state index contributed by atoms with van der Waals surface area (Å²) < 4.78 is 0. The van der Waals surface area contributed by atoms with Crippen LogP contribution in [0, 0.1) is 6.92 Å². The van der Waals surface area contributed by atoms with Crippen molar-refractivity contribution < 1.29 is 4.79 Å². The van der Waals surface area contributed by atoms with E-state index in [0.29, 0.717) is 25.3 Å². The van der Waals surface area contributed by atoms with Crippen molar-refractivity contribution in [3.8, 4) is 0 Å². The molecule has 0 saturated carbocycles. The lowest BCUT2D eigenvalue weighted by molar-refractivity contribution is 0.0950. The lowest BCUT2D eigenvalue weighted by Gasteiger charge is -2.23. The molecule has 0 unspecified atom stereocenters. The van der Waals surface area contributed by atoms with Gasteiger partial charge in [-0.05, 0) is 73.4 Å². The zero-order valence-corrected chi connectivity index (χ0v) is 25.2. The molecule has 1 amide bonds. The van der Waals surface area contributed by atoms with Crippen molar-refractivity contribution in [3.63, 3.8) is 0 Å². The van der Waals surface area contributed by atoms with Gasteiger partial charge in [0.15, 0.2) is 0 Å². The molecule has 2 aromatic rings. The SMILES string of the molecule is C=C(C)c1ccccc1Sc1ccc(C(=O)NCCN(CN)C2=CC=CCC=C2)cc1C.CCCCCCC. The minimum atomic E-state index is -0.0748. The van der Waals surface area contributed by atoms with E-state index in [1.54, 1.807) is 11.8 Å². The van der Waals surface area contributed by atoms with Gasteiger partial charge in [0, 0.05) is 34.1 Å². The summed E-state index contributed by atoms with van der Waals surface area (Å²) in [4.78, 5) is 17.0. The molecule has 4 nitrogen and oxygen atoms in total. The summed E-state index contributed by atoms with van der Waals surface area (Å²) in [5.74, 6) is -0.0748. The molecule has 2 aromatic carbocycles. The summed E-state index contributed by atoms with van der Waals surface area (Å²) in [6.07, 6.45) is 18.3. The van der Waals surface area contributed by atoms with E-state index in [0.717, 1.165) is 33.7 Å². The number of carbonyl (C=O) groups excluding carboxylic acids is 1. The molecule has 0 saturated heterocycles. The van der Waals surface area contributed by atoms with E-state index in [1.807, 2.05) is 56.3 Å². The minimum absolute atomic E-state index is 0.0748. The van der Waals surface area contributed by atoms with E-state index in [2.05, 4.69) is 61.0 Å². The van der Waals surface area contributed by atoms with Gasteiger partial charge in [0.25, 0.3) is 5.91 Å². The summed E-state index contributed by atoms with van der Waals surface area (Å²) in [5, 5.41) is 3.02. The molecule has 3 rings (SSSR count). The van der Waals surface area contributed by atoms with Crippen LogP contribution in [0.15, 0.2) is 94.9 Å². The number of amides is 1. The molecule has 0 aromatic heterocycles. The van der Waals surface area contributed by atoms with Crippen molar-refractivity contribution in [2.75, 3.05) is 19.8 Å². The zero-order valence-electron chi connectivity index (χ0n) is 24.3. The van der Waals surface area contributed by atoms with Crippen molar-refractivity contribution in [1.29, 1.82) is 0 Å². The molecule has 0 atom stereocenters. The van der Waals surface area contributed by atoms with Gasteiger partial charge < -0.3 is 16.0 Å². The number of allylic oxidation sites excluding steroid dienone is 6. The first-order valence-electron chi connectivity index (χ1n) is 14.2. The Labute approximate surface area is 241 Å². The molecule has 3 N–H and O–H groups in total. The number of rotatable bonds is 13. The third-order valence-electron chi connectivity index (χ3n) is 6.43. The molecule has 1 aliphatic rings. The monoisotopic (exact) mass is 545 g/mol. The number of nitrogens with one attached hydrogen (secondary N) is 1. The molecular formula is C34H47N3OS. The van der Waals surface area contributed by atoms with Crippen LogP contribution < -0.4 is 11.1 Å². The number of benzene rings is 2. The van der Waals surface area contributed by atoms with Gasteiger partial charge in [0.05, 0.1) is 6.67 Å². The number of nitrogens with two attached hydrogens (primary N) is 1. The van der Waals surface area contributed by atoms with Crippen LogP contribution in [0.5, 0.6) is 0 Å². The molecule has 0 spiro atoms. The highest BCUT2D eigenvalue weighted by atomic mass is 32.2. The normalized spacial score (nSPS) is 12.2. The highest BCUT2D eigenvalue weighted by molar-refractivity contribution is 7.99. The predicted octanol–water partition coefficient (Wildman–Crippen LogP) is 8.50. The molecule has 0 aliphatic heterocycles. The number of hydrogen-bond acceptors (Lipinski definition) is 4. The zero-order chi connectivity index (χ0) is 28.5. The third-order valence-corrected chi connectivity index (χ3v) is 7.68. The molecule has 0 bridgehead atoms. The Kier molecular flexibility index (Phi) is 15.1. The van der Waals surface area contributed by atoms with Crippen LogP contribution in [0.4, 0.5) is 0 Å². The second-order valence-corrected chi connectivity index (χ2v) is 10.9. The van der Waals surface area contributed by atoms with Crippen molar-refractivity contribution >= 4 is 23.2 Å². The highest BCUT2D eigenvalue weighted by Crippen LogP contribution is 2.35. The molecular weight excluding hydrogens is 498 g/mol. The Morgan fingerprint density at radius 2 is 1.79 bits per heavy atom. The molecule has 0 radical (unpaired) electrons. The van der Waals surface area contributed by atoms with E-state index in [9.17, 15) is 4.79 Å². The number of unbranched alkanes of at least 4 members (excludes halogenated alkanes) is 4. The second kappa shape index (κ2) is 18.3. The lowest BCUT2D eigenvalue weighted by Crippen LogP contribution is -2.37. The first kappa shape index (κ1) is 32.2. The topological polar surface area (TPSA) is 58.4 Å². The summed E-state index contributed by atoms with van der Waals surface area (Å²) in [6.45, 7) is 14.2. The molecule has 210 valence electrons. The van der Waals surface area contributed by atoms with E-state index in [4.69, 9.17) is 5.73 Å². The summed E-state index contributed by atoms with van der Waals surface area (Å²) in [6, 6.07) is 14.1. The number of hydrogen-bond donors (Lipinski definition) is 2. The number of aryl methyl sites for hydroxylation is 1. The Hall–Kier alpha value is -3.02. The van der Waals surface area contributed by atoms with Gasteiger partial charge in [-0.25, -0.2) is 0 Å². The van der Waals surface area contributed by atoms with Crippen LogP contribution in [0.1, 0.15) is 80.8 Å². The fourth-order valence-corrected chi connectivity index (χ4v) is 5.21. The largest absolute Gasteiger partial charge is 0.357 e. The molecule has 39 heavy (non-hydrogen) atoms. The van der Waals surface area contributed by atoms with E-state index < -0.39 is 0 Å². The Bertz CT molecular complexity index is 1140. The van der Waals surface area contributed by atoms with Gasteiger partial charge in [-0.15, -0.1) is 0 Å². The van der Waals surface area contributed by atoms with Crippen molar-refractivity contribution in [2.45, 2.75) is 76.0 Å². The maximum atomic E-state index is 12.7. The van der Waals surface area contributed by atoms with Crippen LogP contribution in [0.2, 0.25) is 0 Å². The van der Waals surface area contributed by atoms with Crippen LogP contribution in [0.3, 0.4) is 0 Å². The third kappa shape index (κ3) is 11.3. The number of nitrogens with zero attached hydrogens (tertiary/aromatic N) is 1. The lowest BCUT2D eigenvalue weighted by atomic mass is 10.1. The maximum Gasteiger partial charge on any atom is 0.251 e. The Morgan fingerprint density at radius 1 is 1.05 bits per heavy atom. The van der Waals surface area contributed by atoms with Crippen LogP contribution in [-0.2, 0) is 0 Å². The van der Waals surface area contributed by atoms with Gasteiger partial charge in [-0.1, -0.05) is 101 Å². The van der Waals surface area contributed by atoms with Gasteiger partial charge >= 0.3 is 0 Å². The molecule has 5 heteroatoms. The van der Waals surface area contributed by atoms with Gasteiger partial charge in [0.2, 0.25) is 0 Å². The molecule has 0 heterocycles. The quantitative estimate of drug-likeness (QED) is 0.196. The number of carbonyl (C=O) groups is 1. The average Bonchev–Trinajstić information content (AvgIpc) is 3.22. The van der Waals surface area contributed by atoms with Gasteiger partial charge in [-0.3, -0.25) is 4.79 Å². The van der Waals surface area contributed by atoms with Crippen molar-refractivity contribution in [2.24, 2.45) is 5.73 Å².